The van der Waals surface area contributed by atoms with E-state index in [1.807, 2.05) is 38.1 Å². The van der Waals surface area contributed by atoms with E-state index in [9.17, 15) is 9.59 Å². The molecule has 2 rings (SSSR count). The van der Waals surface area contributed by atoms with Gasteiger partial charge in [0.2, 0.25) is 0 Å². The van der Waals surface area contributed by atoms with Crippen molar-refractivity contribution >= 4 is 11.9 Å². The van der Waals surface area contributed by atoms with Crippen molar-refractivity contribution in [1.82, 2.24) is 10.6 Å². The number of carbonyl (C=O) groups excluding carboxylic acids is 2. The number of primary amides is 1. The summed E-state index contributed by atoms with van der Waals surface area (Å²) < 4.78 is 0. The molecule has 0 aromatic heterocycles. The zero-order chi connectivity index (χ0) is 16.8. The van der Waals surface area contributed by atoms with Crippen LogP contribution in [0.1, 0.15) is 40.0 Å². The minimum absolute atomic E-state index is 0.0695. The first-order valence-electron chi connectivity index (χ1n) is 7.46. The largest absolute Gasteiger partial charge is 0.352 e. The van der Waals surface area contributed by atoms with Gasteiger partial charge in [0.1, 0.15) is 0 Å². The summed E-state index contributed by atoms with van der Waals surface area (Å²) in [5, 5.41) is 5.50. The molecule has 0 unspecified atom stereocenters. The molecule has 2 aromatic carbocycles. The van der Waals surface area contributed by atoms with Gasteiger partial charge in [-0.2, -0.15) is 0 Å². The van der Waals surface area contributed by atoms with Crippen LogP contribution in [0.4, 0.5) is 4.79 Å². The highest BCUT2D eigenvalue weighted by Gasteiger charge is 2.12. The van der Waals surface area contributed by atoms with E-state index in [-0.39, 0.29) is 11.9 Å². The highest BCUT2D eigenvalue weighted by Crippen LogP contribution is 2.17. The average Bonchev–Trinajstić information content (AvgIpc) is 2.53. The Labute approximate surface area is 135 Å². The van der Waals surface area contributed by atoms with Crippen molar-refractivity contribution < 1.29 is 9.59 Å². The molecular formula is C18H21N3O2. The van der Waals surface area contributed by atoms with E-state index in [0.717, 1.165) is 16.7 Å². The van der Waals surface area contributed by atoms with Crippen LogP contribution >= 0.6 is 0 Å². The first-order valence-corrected chi connectivity index (χ1v) is 7.46. The summed E-state index contributed by atoms with van der Waals surface area (Å²) in [6.45, 7) is 4.33. The molecule has 1 atom stereocenters. The summed E-state index contributed by atoms with van der Waals surface area (Å²) in [5.74, 6) is -0.129. The van der Waals surface area contributed by atoms with Crippen LogP contribution in [-0.2, 0) is 6.54 Å². The van der Waals surface area contributed by atoms with Crippen molar-refractivity contribution in [2.75, 3.05) is 0 Å². The monoisotopic (exact) mass is 311 g/mol. The van der Waals surface area contributed by atoms with Crippen molar-refractivity contribution in [2.45, 2.75) is 26.4 Å². The number of carbonyl (C=O) groups is 2. The number of nitrogens with one attached hydrogen (secondary N) is 2. The second kappa shape index (κ2) is 7.45. The van der Waals surface area contributed by atoms with E-state index in [2.05, 4.69) is 10.6 Å². The molecule has 0 aliphatic heterocycles. The van der Waals surface area contributed by atoms with Crippen LogP contribution < -0.4 is 16.4 Å². The number of rotatable bonds is 5. The summed E-state index contributed by atoms with van der Waals surface area (Å²) in [7, 11) is 0. The Morgan fingerprint density at radius 2 is 1.74 bits per heavy atom. The summed E-state index contributed by atoms with van der Waals surface area (Å²) in [6, 6.07) is 14.4. The van der Waals surface area contributed by atoms with E-state index < -0.39 is 6.03 Å². The zero-order valence-corrected chi connectivity index (χ0v) is 13.3. The lowest BCUT2D eigenvalue weighted by atomic mass is 10.0. The predicted molar refractivity (Wildman–Crippen MR) is 89.9 cm³/mol. The fourth-order valence-corrected chi connectivity index (χ4v) is 2.39. The minimum Gasteiger partial charge on any atom is -0.352 e. The van der Waals surface area contributed by atoms with E-state index in [1.165, 1.54) is 0 Å². The van der Waals surface area contributed by atoms with E-state index in [4.69, 9.17) is 5.73 Å². The number of aryl methyl sites for hydroxylation is 1. The molecule has 0 aliphatic rings. The highest BCUT2D eigenvalue weighted by molar-refractivity contribution is 5.94. The highest BCUT2D eigenvalue weighted by atomic mass is 16.2. The number of amides is 3. The van der Waals surface area contributed by atoms with Gasteiger partial charge in [0, 0.05) is 12.1 Å². The maximum absolute atomic E-state index is 12.3. The summed E-state index contributed by atoms with van der Waals surface area (Å²) in [5.41, 5.74) is 8.73. The van der Waals surface area contributed by atoms with Gasteiger partial charge in [-0.3, -0.25) is 4.79 Å². The molecule has 0 saturated carbocycles. The number of hydrogen-bond acceptors (Lipinski definition) is 2. The molecule has 0 heterocycles. The van der Waals surface area contributed by atoms with Gasteiger partial charge >= 0.3 is 6.03 Å². The van der Waals surface area contributed by atoms with Crippen molar-refractivity contribution in [3.05, 3.63) is 70.8 Å². The summed E-state index contributed by atoms with van der Waals surface area (Å²) in [4.78, 5) is 23.0. The second-order valence-corrected chi connectivity index (χ2v) is 5.47. The third kappa shape index (κ3) is 4.57. The Kier molecular flexibility index (Phi) is 5.36. The Morgan fingerprint density at radius 3 is 2.35 bits per heavy atom. The maximum atomic E-state index is 12.3. The van der Waals surface area contributed by atoms with Gasteiger partial charge in [0.15, 0.2) is 0 Å². The first kappa shape index (κ1) is 16.5. The van der Waals surface area contributed by atoms with Crippen molar-refractivity contribution in [3.8, 4) is 0 Å². The van der Waals surface area contributed by atoms with Gasteiger partial charge in [-0.1, -0.05) is 36.4 Å². The van der Waals surface area contributed by atoms with Crippen LogP contribution in [0.5, 0.6) is 0 Å². The number of hydrogen-bond donors (Lipinski definition) is 3. The fourth-order valence-electron chi connectivity index (χ4n) is 2.39. The molecule has 5 nitrogen and oxygen atoms in total. The van der Waals surface area contributed by atoms with E-state index >= 15 is 0 Å². The van der Waals surface area contributed by atoms with Crippen LogP contribution in [0.25, 0.3) is 0 Å². The van der Waals surface area contributed by atoms with Gasteiger partial charge in [-0.25, -0.2) is 4.79 Å². The standard InChI is InChI=1S/C18H21N3O2/c1-12-5-3-4-6-16(12)13(2)21-17(22)15-9-7-14(8-10-15)11-20-18(19)23/h3-10,13H,11H2,1-2H3,(H,21,22)(H3,19,20,23)/t13-/m1/s1. The Bertz CT molecular complexity index is 696. The lowest BCUT2D eigenvalue weighted by Gasteiger charge is -2.16. The maximum Gasteiger partial charge on any atom is 0.312 e. The molecule has 0 fully saturated rings. The second-order valence-electron chi connectivity index (χ2n) is 5.47. The molecule has 5 heteroatoms. The topological polar surface area (TPSA) is 84.2 Å². The lowest BCUT2D eigenvalue weighted by molar-refractivity contribution is 0.0940. The quantitative estimate of drug-likeness (QED) is 0.793. The van der Waals surface area contributed by atoms with Crippen molar-refractivity contribution in [1.29, 1.82) is 0 Å². The normalized spacial score (nSPS) is 11.6. The zero-order valence-electron chi connectivity index (χ0n) is 13.3. The van der Waals surface area contributed by atoms with Crippen LogP contribution in [0.3, 0.4) is 0 Å². The van der Waals surface area contributed by atoms with Gasteiger partial charge in [0.25, 0.3) is 5.91 Å². The van der Waals surface area contributed by atoms with Crippen LogP contribution in [0.15, 0.2) is 48.5 Å². The third-order valence-electron chi connectivity index (χ3n) is 3.69. The number of nitrogens with two attached hydrogens (primary N) is 1. The predicted octanol–water partition coefficient (Wildman–Crippen LogP) is 2.65. The van der Waals surface area contributed by atoms with Gasteiger partial charge < -0.3 is 16.4 Å². The van der Waals surface area contributed by atoms with Gasteiger partial charge in [-0.15, -0.1) is 0 Å². The summed E-state index contributed by atoms with van der Waals surface area (Å²) in [6.07, 6.45) is 0. The van der Waals surface area contributed by atoms with Crippen LogP contribution in [-0.4, -0.2) is 11.9 Å². The minimum atomic E-state index is -0.570. The lowest BCUT2D eigenvalue weighted by Crippen LogP contribution is -2.29. The average molecular weight is 311 g/mol. The third-order valence-corrected chi connectivity index (χ3v) is 3.69. The van der Waals surface area contributed by atoms with Crippen LogP contribution in [0, 0.1) is 6.92 Å². The molecule has 0 spiro atoms. The summed E-state index contributed by atoms with van der Waals surface area (Å²) >= 11 is 0. The molecule has 120 valence electrons. The molecule has 2 aromatic rings. The fraction of sp³-hybridized carbons (Fsp3) is 0.222. The van der Waals surface area contributed by atoms with E-state index in [0.29, 0.717) is 12.1 Å². The first-order chi connectivity index (χ1) is 11.0. The SMILES string of the molecule is Cc1ccccc1[C@@H](C)NC(=O)c1ccc(CNC(N)=O)cc1. The van der Waals surface area contributed by atoms with Crippen LogP contribution in [0.2, 0.25) is 0 Å². The van der Waals surface area contributed by atoms with Crippen molar-refractivity contribution in [2.24, 2.45) is 5.73 Å². The Morgan fingerprint density at radius 1 is 1.09 bits per heavy atom. The number of benzene rings is 2. The molecule has 0 radical (unpaired) electrons. The van der Waals surface area contributed by atoms with E-state index in [1.54, 1.807) is 24.3 Å². The smallest absolute Gasteiger partial charge is 0.312 e. The molecule has 23 heavy (non-hydrogen) atoms. The Balaban J connectivity index is 2.00. The molecular weight excluding hydrogens is 290 g/mol. The Hall–Kier alpha value is -2.82. The van der Waals surface area contributed by atoms with Gasteiger partial charge in [-0.05, 0) is 42.7 Å². The van der Waals surface area contributed by atoms with Gasteiger partial charge in [0.05, 0.1) is 6.04 Å². The molecule has 4 N–H and O–H groups in total. The molecule has 0 bridgehead atoms. The molecule has 0 aliphatic carbocycles. The number of urea groups is 1. The molecule has 3 amide bonds. The van der Waals surface area contributed by atoms with Crippen molar-refractivity contribution in [3.63, 3.8) is 0 Å². The molecule has 0 saturated heterocycles.